The summed E-state index contributed by atoms with van der Waals surface area (Å²) in [6.45, 7) is 8.65. The van der Waals surface area contributed by atoms with Crippen molar-refractivity contribution in [2.45, 2.75) is 91.9 Å². The Morgan fingerprint density at radius 1 is 0.810 bits per heavy atom. The van der Waals surface area contributed by atoms with E-state index in [4.69, 9.17) is 0 Å². The van der Waals surface area contributed by atoms with Crippen LogP contribution in [0.1, 0.15) is 91.9 Å². The minimum atomic E-state index is 0. The van der Waals surface area contributed by atoms with Gasteiger partial charge < -0.3 is 9.59 Å². The first-order chi connectivity index (χ1) is 9.58. The van der Waals surface area contributed by atoms with E-state index in [1.54, 1.807) is 0 Å². The van der Waals surface area contributed by atoms with Gasteiger partial charge in [-0.1, -0.05) is 72.6 Å². The van der Waals surface area contributed by atoms with Gasteiger partial charge in [0.1, 0.15) is 12.6 Å². The monoisotopic (exact) mass is 387 g/mol. The van der Waals surface area contributed by atoms with Crippen molar-refractivity contribution in [3.05, 3.63) is 0 Å². The van der Waals surface area contributed by atoms with Crippen molar-refractivity contribution in [3.8, 4) is 0 Å². The van der Waals surface area contributed by atoms with E-state index in [1.165, 1.54) is 44.9 Å². The van der Waals surface area contributed by atoms with E-state index < -0.39 is 0 Å². The van der Waals surface area contributed by atoms with Gasteiger partial charge >= 0.3 is 0 Å². The normalized spacial score (nSPS) is 11.1. The molecule has 0 rings (SSSR count). The molecule has 0 fully saturated rings. The van der Waals surface area contributed by atoms with Gasteiger partial charge in [-0.05, 0) is 18.8 Å². The number of rotatable bonds is 12. The molecule has 0 saturated heterocycles. The summed E-state index contributed by atoms with van der Waals surface area (Å²) in [5.41, 5.74) is 0. The molecule has 0 aliphatic carbocycles. The van der Waals surface area contributed by atoms with Crippen molar-refractivity contribution in [3.63, 3.8) is 0 Å². The van der Waals surface area contributed by atoms with Crippen LogP contribution >= 0.6 is 0 Å². The summed E-state index contributed by atoms with van der Waals surface area (Å²) in [6.07, 6.45) is 13.9. The molecule has 129 valence electrons. The molecular weight excluding hydrogens is 351 g/mol. The van der Waals surface area contributed by atoms with Gasteiger partial charge in [0.2, 0.25) is 0 Å². The van der Waals surface area contributed by atoms with Crippen LogP contribution in [0.4, 0.5) is 0 Å². The third-order valence-electron chi connectivity index (χ3n) is 3.35. The van der Waals surface area contributed by atoms with Gasteiger partial charge in [-0.25, -0.2) is 0 Å². The molecule has 0 aromatic heterocycles. The third-order valence-corrected chi connectivity index (χ3v) is 3.35. The zero-order chi connectivity index (χ0) is 15.6. The first kappa shape index (κ1) is 25.9. The van der Waals surface area contributed by atoms with E-state index in [0.29, 0.717) is 0 Å². The predicted molar refractivity (Wildman–Crippen MR) is 88.0 cm³/mol. The zero-order valence-corrected chi connectivity index (χ0v) is 16.2. The Morgan fingerprint density at radius 2 is 1.38 bits per heavy atom. The zero-order valence-electron chi connectivity index (χ0n) is 14.5. The van der Waals surface area contributed by atoms with Crippen LogP contribution in [-0.2, 0) is 29.1 Å². The van der Waals surface area contributed by atoms with Gasteiger partial charge in [0.25, 0.3) is 0 Å². The molecule has 1 atom stereocenters. The molecule has 0 aromatic rings. The van der Waals surface area contributed by atoms with Gasteiger partial charge in [-0.2, -0.15) is 0 Å². The van der Waals surface area contributed by atoms with Crippen LogP contribution in [0.2, 0.25) is 0 Å². The Balaban J connectivity index is -0.000000295. The predicted octanol–water partition coefficient (Wildman–Crippen LogP) is 5.58. The summed E-state index contributed by atoms with van der Waals surface area (Å²) in [5, 5.41) is 0. The summed E-state index contributed by atoms with van der Waals surface area (Å²) < 4.78 is 0. The Kier molecular flexibility index (Phi) is 27.4. The molecule has 21 heavy (non-hydrogen) atoms. The second kappa shape index (κ2) is 22.2. The summed E-state index contributed by atoms with van der Waals surface area (Å²) in [7, 11) is 0. The van der Waals surface area contributed by atoms with Crippen molar-refractivity contribution in [1.29, 1.82) is 0 Å². The summed E-state index contributed by atoms with van der Waals surface area (Å²) in [4.78, 5) is 20.1. The van der Waals surface area contributed by atoms with E-state index in [9.17, 15) is 9.59 Å². The smallest absolute Gasteiger partial charge is 0.122 e. The Labute approximate surface area is 145 Å². The van der Waals surface area contributed by atoms with E-state index in [1.807, 2.05) is 6.92 Å². The molecular formula is C18H36O2Rh. The second-order valence-corrected chi connectivity index (χ2v) is 6.16. The number of carbonyl (C=O) groups is 2. The largest absolute Gasteiger partial charge is 0.303 e. The molecule has 0 N–H and O–H groups in total. The van der Waals surface area contributed by atoms with Gasteiger partial charge in [0.15, 0.2) is 0 Å². The van der Waals surface area contributed by atoms with Crippen molar-refractivity contribution in [2.75, 3.05) is 0 Å². The van der Waals surface area contributed by atoms with Crippen molar-refractivity contribution < 1.29 is 29.1 Å². The van der Waals surface area contributed by atoms with E-state index in [0.717, 1.165) is 37.8 Å². The molecule has 1 radical (unpaired) electrons. The molecule has 0 aliphatic rings. The van der Waals surface area contributed by atoms with Crippen molar-refractivity contribution in [1.82, 2.24) is 0 Å². The van der Waals surface area contributed by atoms with Gasteiger partial charge in [0.05, 0.1) is 0 Å². The van der Waals surface area contributed by atoms with Crippen LogP contribution in [0.15, 0.2) is 0 Å². The molecule has 3 heteroatoms. The van der Waals surface area contributed by atoms with Crippen LogP contribution < -0.4 is 0 Å². The number of carbonyl (C=O) groups excluding carboxylic acids is 2. The Hall–Kier alpha value is -0.0366. The van der Waals surface area contributed by atoms with E-state index in [2.05, 4.69) is 20.8 Å². The van der Waals surface area contributed by atoms with Crippen LogP contribution in [0.25, 0.3) is 0 Å². The number of unbranched alkanes of at least 4 members (excludes halogenated alkanes) is 6. The maximum Gasteiger partial charge on any atom is 0.122 e. The summed E-state index contributed by atoms with van der Waals surface area (Å²) >= 11 is 0. The van der Waals surface area contributed by atoms with Gasteiger partial charge in [-0.15, -0.1) is 0 Å². The summed E-state index contributed by atoms with van der Waals surface area (Å²) in [6, 6.07) is 0. The molecule has 0 bridgehead atoms. The fourth-order valence-corrected chi connectivity index (χ4v) is 1.92. The minimum absolute atomic E-state index is 0. The molecule has 0 saturated carbocycles. The van der Waals surface area contributed by atoms with Gasteiger partial charge in [0, 0.05) is 31.8 Å². The van der Waals surface area contributed by atoms with Gasteiger partial charge in [-0.3, -0.25) is 0 Å². The Morgan fingerprint density at radius 3 is 1.86 bits per heavy atom. The Bertz CT molecular complexity index is 205. The fourth-order valence-electron chi connectivity index (χ4n) is 1.92. The van der Waals surface area contributed by atoms with Crippen molar-refractivity contribution in [2.24, 2.45) is 11.8 Å². The number of aldehydes is 2. The standard InChI is InChI=1S/2C9H18O.Rh/c1-9(2)7-5-3-4-6-8-10;1-3-4-5-6-7-9(2)8-10;/h2*8-9H,3-7H2,1-2H3;. The molecule has 2 nitrogen and oxygen atoms in total. The van der Waals surface area contributed by atoms with Crippen LogP contribution in [0.5, 0.6) is 0 Å². The quantitative estimate of drug-likeness (QED) is 0.249. The second-order valence-electron chi connectivity index (χ2n) is 6.16. The molecule has 0 aromatic carbocycles. The molecule has 0 spiro atoms. The van der Waals surface area contributed by atoms with Crippen LogP contribution in [-0.4, -0.2) is 12.6 Å². The first-order valence-electron chi connectivity index (χ1n) is 8.47. The van der Waals surface area contributed by atoms with E-state index >= 15 is 0 Å². The van der Waals surface area contributed by atoms with Crippen LogP contribution in [0.3, 0.4) is 0 Å². The first-order valence-corrected chi connectivity index (χ1v) is 8.47. The van der Waals surface area contributed by atoms with Crippen molar-refractivity contribution >= 4 is 12.6 Å². The molecule has 0 aliphatic heterocycles. The average molecular weight is 387 g/mol. The number of hydrogen-bond acceptors (Lipinski definition) is 2. The number of hydrogen-bond donors (Lipinski definition) is 0. The third kappa shape index (κ3) is 28.8. The average Bonchev–Trinajstić information content (AvgIpc) is 2.43. The topological polar surface area (TPSA) is 34.1 Å². The maximum absolute atomic E-state index is 10.2. The van der Waals surface area contributed by atoms with E-state index in [-0.39, 0.29) is 25.4 Å². The molecule has 1 unspecified atom stereocenters. The summed E-state index contributed by atoms with van der Waals surface area (Å²) in [5.74, 6) is 1.09. The maximum atomic E-state index is 10.2. The SMILES string of the molecule is CC(C)CCCCCC=O.CCCCCCC(C)C=O.[Rh]. The minimum Gasteiger partial charge on any atom is -0.303 e. The molecule has 0 heterocycles. The fraction of sp³-hybridized carbons (Fsp3) is 0.889. The van der Waals surface area contributed by atoms with Crippen LogP contribution in [0, 0.1) is 11.8 Å². The molecule has 0 amide bonds.